The molecule has 0 aliphatic heterocycles. The van der Waals surface area contributed by atoms with Gasteiger partial charge in [0.15, 0.2) is 11.5 Å². The van der Waals surface area contributed by atoms with Gasteiger partial charge in [0, 0.05) is 11.9 Å². The van der Waals surface area contributed by atoms with Gasteiger partial charge in [0.05, 0.1) is 25.2 Å². The Balaban J connectivity index is 2.77. The van der Waals surface area contributed by atoms with Crippen LogP contribution in [0, 0.1) is 0 Å². The van der Waals surface area contributed by atoms with Crippen LogP contribution in [0.4, 0.5) is 5.69 Å². The summed E-state index contributed by atoms with van der Waals surface area (Å²) < 4.78 is 36.8. The maximum Gasteiger partial charge on any atom is 0.232 e. The molecule has 0 aliphatic carbocycles. The molecule has 1 aromatic rings. The quantitative estimate of drug-likeness (QED) is 0.561. The first-order valence-electron chi connectivity index (χ1n) is 6.39. The summed E-state index contributed by atoms with van der Waals surface area (Å²) >= 11 is 5.53. The average molecular weight is 322 g/mol. The molecular formula is C13H20ClNO4S. The summed E-state index contributed by atoms with van der Waals surface area (Å²) in [5.74, 6) is 1.59. The molecule has 0 spiro atoms. The minimum Gasteiger partial charge on any atom is -0.493 e. The van der Waals surface area contributed by atoms with Crippen LogP contribution in [-0.2, 0) is 10.0 Å². The summed E-state index contributed by atoms with van der Waals surface area (Å²) in [6.07, 6.45) is 1.21. The molecule has 5 nitrogen and oxygen atoms in total. The predicted octanol–water partition coefficient (Wildman–Crippen LogP) is 2.85. The van der Waals surface area contributed by atoms with Crippen LogP contribution in [0.15, 0.2) is 18.2 Å². The number of ether oxygens (including phenoxy) is 2. The van der Waals surface area contributed by atoms with E-state index in [1.807, 2.05) is 6.92 Å². The van der Waals surface area contributed by atoms with Crippen molar-refractivity contribution in [2.45, 2.75) is 19.8 Å². The molecule has 0 amide bonds. The van der Waals surface area contributed by atoms with Crippen LogP contribution < -0.4 is 14.2 Å². The minimum absolute atomic E-state index is 0.0508. The predicted molar refractivity (Wildman–Crippen MR) is 81.5 cm³/mol. The third kappa shape index (κ3) is 5.46. The second-order valence-electron chi connectivity index (χ2n) is 4.12. The highest BCUT2D eigenvalue weighted by molar-refractivity contribution is 7.92. The van der Waals surface area contributed by atoms with Gasteiger partial charge in [-0.25, -0.2) is 8.42 Å². The molecule has 0 radical (unpaired) electrons. The standard InChI is InChI=1S/C13H20ClNO4S/c1-3-19-12-7-6-11(10-13(12)18-2)15-20(16,17)9-5-4-8-14/h6-7,10,15H,3-5,8-9H2,1-2H3. The number of unbranched alkanes of at least 4 members (excludes halogenated alkanes) is 1. The van der Waals surface area contributed by atoms with Crippen LogP contribution in [0.25, 0.3) is 0 Å². The van der Waals surface area contributed by atoms with Gasteiger partial charge in [-0.1, -0.05) is 0 Å². The normalized spacial score (nSPS) is 11.2. The Morgan fingerprint density at radius 1 is 1.25 bits per heavy atom. The van der Waals surface area contributed by atoms with E-state index < -0.39 is 10.0 Å². The van der Waals surface area contributed by atoms with Crippen molar-refractivity contribution in [3.05, 3.63) is 18.2 Å². The second kappa shape index (κ2) is 8.21. The van der Waals surface area contributed by atoms with Crippen LogP contribution >= 0.6 is 11.6 Å². The number of hydrogen-bond acceptors (Lipinski definition) is 4. The van der Waals surface area contributed by atoms with Crippen molar-refractivity contribution < 1.29 is 17.9 Å². The number of benzene rings is 1. The number of halogens is 1. The number of hydrogen-bond donors (Lipinski definition) is 1. The van der Waals surface area contributed by atoms with Crippen molar-refractivity contribution in [1.29, 1.82) is 0 Å². The molecule has 1 rings (SSSR count). The second-order valence-corrected chi connectivity index (χ2v) is 6.34. The fourth-order valence-electron chi connectivity index (χ4n) is 1.62. The van der Waals surface area contributed by atoms with E-state index in [1.165, 1.54) is 7.11 Å². The lowest BCUT2D eigenvalue weighted by molar-refractivity contribution is 0.311. The third-order valence-electron chi connectivity index (χ3n) is 2.53. The van der Waals surface area contributed by atoms with Crippen molar-refractivity contribution in [3.63, 3.8) is 0 Å². The van der Waals surface area contributed by atoms with Gasteiger partial charge in [-0.05, 0) is 31.9 Å². The van der Waals surface area contributed by atoms with Gasteiger partial charge >= 0.3 is 0 Å². The number of sulfonamides is 1. The topological polar surface area (TPSA) is 64.6 Å². The first-order valence-corrected chi connectivity index (χ1v) is 8.58. The van der Waals surface area contributed by atoms with Crippen LogP contribution in [0.3, 0.4) is 0 Å². The molecule has 0 heterocycles. The fourth-order valence-corrected chi connectivity index (χ4v) is 2.98. The Morgan fingerprint density at radius 3 is 2.60 bits per heavy atom. The van der Waals surface area contributed by atoms with E-state index in [1.54, 1.807) is 18.2 Å². The summed E-state index contributed by atoms with van der Waals surface area (Å²) in [7, 11) is -1.85. The molecular weight excluding hydrogens is 302 g/mol. The molecule has 114 valence electrons. The zero-order valence-corrected chi connectivity index (χ0v) is 13.3. The Morgan fingerprint density at radius 2 is 2.00 bits per heavy atom. The lowest BCUT2D eigenvalue weighted by atomic mass is 10.3. The van der Waals surface area contributed by atoms with Crippen molar-refractivity contribution in [1.82, 2.24) is 0 Å². The van der Waals surface area contributed by atoms with Crippen molar-refractivity contribution in [2.24, 2.45) is 0 Å². The van der Waals surface area contributed by atoms with E-state index in [0.29, 0.717) is 42.5 Å². The Bertz CT molecular complexity index is 519. The Kier molecular flexibility index (Phi) is 6.95. The Hall–Kier alpha value is -1.14. The first kappa shape index (κ1) is 16.9. The van der Waals surface area contributed by atoms with Gasteiger partial charge in [0.25, 0.3) is 0 Å². The molecule has 0 saturated heterocycles. The number of alkyl halides is 1. The highest BCUT2D eigenvalue weighted by Gasteiger charge is 2.12. The van der Waals surface area contributed by atoms with Crippen molar-refractivity contribution in [3.8, 4) is 11.5 Å². The zero-order chi connectivity index (χ0) is 15.0. The van der Waals surface area contributed by atoms with E-state index >= 15 is 0 Å². The highest BCUT2D eigenvalue weighted by atomic mass is 35.5. The number of methoxy groups -OCH3 is 1. The molecule has 20 heavy (non-hydrogen) atoms. The van der Waals surface area contributed by atoms with Gasteiger partial charge in [0.1, 0.15) is 0 Å². The smallest absolute Gasteiger partial charge is 0.232 e. The maximum absolute atomic E-state index is 11.9. The zero-order valence-electron chi connectivity index (χ0n) is 11.7. The summed E-state index contributed by atoms with van der Waals surface area (Å²) in [6.45, 7) is 2.38. The van der Waals surface area contributed by atoms with Crippen LogP contribution in [0.5, 0.6) is 11.5 Å². The summed E-state index contributed by atoms with van der Waals surface area (Å²) in [5, 5.41) is 0. The number of anilines is 1. The number of rotatable bonds is 9. The van der Waals surface area contributed by atoms with Gasteiger partial charge in [-0.15, -0.1) is 11.6 Å². The largest absolute Gasteiger partial charge is 0.493 e. The van der Waals surface area contributed by atoms with Crippen molar-refractivity contribution >= 4 is 27.3 Å². The van der Waals surface area contributed by atoms with Crippen LogP contribution in [-0.4, -0.2) is 33.8 Å². The summed E-state index contributed by atoms with van der Waals surface area (Å²) in [4.78, 5) is 0. The molecule has 7 heteroatoms. The van der Waals surface area contributed by atoms with Crippen LogP contribution in [0.2, 0.25) is 0 Å². The van der Waals surface area contributed by atoms with E-state index in [0.717, 1.165) is 0 Å². The molecule has 1 N–H and O–H groups in total. The van der Waals surface area contributed by atoms with E-state index in [4.69, 9.17) is 21.1 Å². The maximum atomic E-state index is 11.9. The molecule has 0 atom stereocenters. The number of nitrogens with one attached hydrogen (secondary N) is 1. The van der Waals surface area contributed by atoms with Crippen molar-refractivity contribution in [2.75, 3.05) is 30.1 Å². The Labute approximate surface area is 125 Å². The first-order chi connectivity index (χ1) is 9.52. The average Bonchev–Trinajstić information content (AvgIpc) is 2.40. The van der Waals surface area contributed by atoms with Gasteiger partial charge < -0.3 is 9.47 Å². The van der Waals surface area contributed by atoms with E-state index in [2.05, 4.69) is 4.72 Å². The van der Waals surface area contributed by atoms with Gasteiger partial charge in [0.2, 0.25) is 10.0 Å². The third-order valence-corrected chi connectivity index (χ3v) is 4.17. The fraction of sp³-hybridized carbons (Fsp3) is 0.538. The van der Waals surface area contributed by atoms with Crippen LogP contribution in [0.1, 0.15) is 19.8 Å². The molecule has 0 aromatic heterocycles. The SMILES string of the molecule is CCOc1ccc(NS(=O)(=O)CCCCCl)cc1OC. The lowest BCUT2D eigenvalue weighted by Crippen LogP contribution is -2.16. The monoisotopic (exact) mass is 321 g/mol. The molecule has 0 fully saturated rings. The summed E-state index contributed by atoms with van der Waals surface area (Å²) in [6, 6.07) is 4.93. The van der Waals surface area contributed by atoms with Gasteiger partial charge in [-0.3, -0.25) is 4.72 Å². The molecule has 0 aliphatic rings. The summed E-state index contributed by atoms with van der Waals surface area (Å²) in [5.41, 5.74) is 0.455. The lowest BCUT2D eigenvalue weighted by Gasteiger charge is -2.12. The van der Waals surface area contributed by atoms with E-state index in [9.17, 15) is 8.42 Å². The molecule has 0 unspecified atom stereocenters. The van der Waals surface area contributed by atoms with E-state index in [-0.39, 0.29) is 5.75 Å². The molecule has 0 bridgehead atoms. The minimum atomic E-state index is -3.36. The molecule has 1 aromatic carbocycles. The highest BCUT2D eigenvalue weighted by Crippen LogP contribution is 2.30. The van der Waals surface area contributed by atoms with Gasteiger partial charge in [-0.2, -0.15) is 0 Å². The molecule has 0 saturated carbocycles.